The number of H-pyrrole nitrogens is 1. The molecule has 2 heterocycles. The molecule has 0 aliphatic heterocycles. The number of rotatable bonds is 6. The molecule has 0 aliphatic carbocycles. The Morgan fingerprint density at radius 2 is 1.78 bits per heavy atom. The third kappa shape index (κ3) is 3.70. The van der Waals surface area contributed by atoms with Crippen LogP contribution in [0.15, 0.2) is 29.1 Å². The minimum atomic E-state index is -0.351. The molecule has 2 aromatic heterocycles. The topological polar surface area (TPSA) is 90.5 Å². The van der Waals surface area contributed by atoms with Gasteiger partial charge in [0.25, 0.3) is 5.56 Å². The van der Waals surface area contributed by atoms with E-state index < -0.39 is 0 Å². The van der Waals surface area contributed by atoms with E-state index in [4.69, 9.17) is 14.2 Å². The number of carbonyl (C=O) groups is 1. The Morgan fingerprint density at radius 1 is 1.11 bits per heavy atom. The van der Waals surface area contributed by atoms with Crippen molar-refractivity contribution in [3.05, 3.63) is 50.9 Å². The second kappa shape index (κ2) is 7.63. The highest BCUT2D eigenvalue weighted by Gasteiger charge is 2.18. The molecule has 0 fully saturated rings. The summed E-state index contributed by atoms with van der Waals surface area (Å²) >= 11 is 1.42. The molecule has 3 rings (SSSR count). The van der Waals surface area contributed by atoms with E-state index in [1.54, 1.807) is 18.2 Å². The van der Waals surface area contributed by atoms with Gasteiger partial charge in [0.05, 0.1) is 26.7 Å². The van der Waals surface area contributed by atoms with Gasteiger partial charge >= 0.3 is 0 Å². The number of benzene rings is 1. The van der Waals surface area contributed by atoms with Crippen molar-refractivity contribution in [1.82, 2.24) is 9.97 Å². The first-order valence-electron chi connectivity index (χ1n) is 7.99. The summed E-state index contributed by atoms with van der Waals surface area (Å²) in [4.78, 5) is 33.5. The number of aryl methyl sites for hydroxylation is 1. The molecule has 140 valence electrons. The number of thiophene rings is 1. The predicted molar refractivity (Wildman–Crippen MR) is 104 cm³/mol. The van der Waals surface area contributed by atoms with Gasteiger partial charge in [-0.1, -0.05) is 0 Å². The smallest absolute Gasteiger partial charge is 0.259 e. The number of allylic oxidation sites excluding steroid dienone is 1. The zero-order chi connectivity index (χ0) is 19.6. The molecule has 0 spiro atoms. The Bertz CT molecular complexity index is 1070. The Morgan fingerprint density at radius 3 is 2.37 bits per heavy atom. The van der Waals surface area contributed by atoms with Crippen molar-refractivity contribution in [2.24, 2.45) is 0 Å². The number of methoxy groups -OCH3 is 3. The summed E-state index contributed by atoms with van der Waals surface area (Å²) in [6.07, 6.45) is 2.78. The lowest BCUT2D eigenvalue weighted by Gasteiger charge is -2.13. The van der Waals surface area contributed by atoms with Crippen molar-refractivity contribution in [2.45, 2.75) is 6.92 Å². The number of aromatic nitrogens is 2. The number of hydrogen-bond donors (Lipinski definition) is 1. The maximum atomic E-state index is 12.7. The molecule has 0 radical (unpaired) electrons. The molecule has 3 aromatic rings. The SMILES string of the molecule is COc1cc(OC)c(C(=O)/C=C/c2nc3sc(C)cc3c(=O)[nH]2)c(OC)c1. The van der Waals surface area contributed by atoms with Crippen LogP contribution in [0.3, 0.4) is 0 Å². The zero-order valence-electron chi connectivity index (χ0n) is 15.3. The third-order valence-electron chi connectivity index (χ3n) is 3.90. The van der Waals surface area contributed by atoms with Gasteiger partial charge in [-0.25, -0.2) is 4.98 Å². The van der Waals surface area contributed by atoms with Crippen molar-refractivity contribution in [2.75, 3.05) is 21.3 Å². The quantitative estimate of drug-likeness (QED) is 0.517. The van der Waals surface area contributed by atoms with Crippen LogP contribution in [0, 0.1) is 6.92 Å². The number of aromatic amines is 1. The Balaban J connectivity index is 1.99. The van der Waals surface area contributed by atoms with E-state index in [-0.39, 0.29) is 16.9 Å². The molecule has 1 aromatic carbocycles. The predicted octanol–water partition coefficient (Wildman–Crippen LogP) is 3.21. The van der Waals surface area contributed by atoms with Crippen LogP contribution in [0.4, 0.5) is 0 Å². The number of nitrogens with one attached hydrogen (secondary N) is 1. The lowest BCUT2D eigenvalue weighted by molar-refractivity contribution is 0.104. The molecule has 0 amide bonds. The summed E-state index contributed by atoms with van der Waals surface area (Å²) in [6.45, 7) is 1.91. The minimum absolute atomic E-state index is 0.240. The van der Waals surface area contributed by atoms with Crippen molar-refractivity contribution < 1.29 is 19.0 Å². The highest BCUT2D eigenvalue weighted by molar-refractivity contribution is 7.18. The standard InChI is InChI=1S/C19H18N2O5S/c1-10-7-12-18(23)20-16(21-19(12)27-10)6-5-13(22)17-14(25-3)8-11(24-2)9-15(17)26-4/h5-9H,1-4H3,(H,20,21,23)/b6-5+. The molecule has 0 saturated carbocycles. The largest absolute Gasteiger partial charge is 0.496 e. The fourth-order valence-electron chi connectivity index (χ4n) is 2.63. The first-order chi connectivity index (χ1) is 13.0. The number of fused-ring (bicyclic) bond motifs is 1. The molecule has 0 aliphatic rings. The lowest BCUT2D eigenvalue weighted by Crippen LogP contribution is -2.08. The molecule has 1 N–H and O–H groups in total. The van der Waals surface area contributed by atoms with Crippen LogP contribution in [0.2, 0.25) is 0 Å². The van der Waals surface area contributed by atoms with Crippen LogP contribution in [0.5, 0.6) is 17.2 Å². The van der Waals surface area contributed by atoms with Crippen LogP contribution in [0.1, 0.15) is 21.1 Å². The van der Waals surface area contributed by atoms with Crippen LogP contribution in [-0.2, 0) is 0 Å². The first kappa shape index (κ1) is 18.7. The molecule has 27 heavy (non-hydrogen) atoms. The first-order valence-corrected chi connectivity index (χ1v) is 8.81. The normalized spacial score (nSPS) is 11.1. The Hall–Kier alpha value is -3.13. The molecule has 0 saturated heterocycles. The number of ketones is 1. The maximum absolute atomic E-state index is 12.7. The van der Waals surface area contributed by atoms with Crippen LogP contribution in [-0.4, -0.2) is 37.1 Å². The van der Waals surface area contributed by atoms with E-state index in [0.29, 0.717) is 33.3 Å². The van der Waals surface area contributed by atoms with Crippen molar-refractivity contribution in [3.8, 4) is 17.2 Å². The van der Waals surface area contributed by atoms with E-state index in [9.17, 15) is 9.59 Å². The van der Waals surface area contributed by atoms with E-state index in [1.807, 2.05) is 6.92 Å². The van der Waals surface area contributed by atoms with Crippen molar-refractivity contribution >= 4 is 33.4 Å². The second-order valence-corrected chi connectivity index (χ2v) is 6.87. The average Bonchev–Trinajstić information content (AvgIpc) is 3.05. The van der Waals surface area contributed by atoms with Gasteiger partial charge in [-0.05, 0) is 25.1 Å². The third-order valence-corrected chi connectivity index (χ3v) is 4.84. The molecular formula is C19H18N2O5S. The van der Waals surface area contributed by atoms with Gasteiger partial charge in [0.15, 0.2) is 5.78 Å². The van der Waals surface area contributed by atoms with Crippen LogP contribution < -0.4 is 19.8 Å². The molecule has 0 unspecified atom stereocenters. The highest BCUT2D eigenvalue weighted by atomic mass is 32.1. The van der Waals surface area contributed by atoms with Crippen LogP contribution in [0.25, 0.3) is 16.3 Å². The number of ether oxygens (including phenoxy) is 3. The molecule has 0 atom stereocenters. The highest BCUT2D eigenvalue weighted by Crippen LogP contribution is 2.34. The Labute approximate surface area is 159 Å². The van der Waals surface area contributed by atoms with E-state index in [1.165, 1.54) is 44.8 Å². The molecule has 0 bridgehead atoms. The maximum Gasteiger partial charge on any atom is 0.259 e. The minimum Gasteiger partial charge on any atom is -0.496 e. The average molecular weight is 386 g/mol. The number of nitrogens with zero attached hydrogens (tertiary/aromatic N) is 1. The van der Waals surface area contributed by atoms with Gasteiger partial charge in [0.1, 0.15) is 33.5 Å². The summed E-state index contributed by atoms with van der Waals surface area (Å²) in [5, 5.41) is 0.541. The summed E-state index contributed by atoms with van der Waals surface area (Å²) in [5.41, 5.74) is 0.0171. The summed E-state index contributed by atoms with van der Waals surface area (Å²) in [7, 11) is 4.43. The fraction of sp³-hybridized carbons (Fsp3) is 0.211. The molecular weight excluding hydrogens is 368 g/mol. The van der Waals surface area contributed by atoms with Gasteiger partial charge in [0, 0.05) is 17.0 Å². The number of carbonyl (C=O) groups excluding carboxylic acids is 1. The Kier molecular flexibility index (Phi) is 5.27. The van der Waals surface area contributed by atoms with Gasteiger partial charge in [0.2, 0.25) is 0 Å². The summed E-state index contributed by atoms with van der Waals surface area (Å²) in [5.74, 6) is 1.11. The zero-order valence-corrected chi connectivity index (χ0v) is 16.1. The van der Waals surface area contributed by atoms with Gasteiger partial charge < -0.3 is 19.2 Å². The number of hydrogen-bond acceptors (Lipinski definition) is 7. The second-order valence-electron chi connectivity index (χ2n) is 5.63. The lowest BCUT2D eigenvalue weighted by atomic mass is 10.1. The van der Waals surface area contributed by atoms with E-state index in [2.05, 4.69) is 9.97 Å². The van der Waals surface area contributed by atoms with Gasteiger partial charge in [-0.2, -0.15) is 0 Å². The van der Waals surface area contributed by atoms with Crippen molar-refractivity contribution in [3.63, 3.8) is 0 Å². The monoisotopic (exact) mass is 386 g/mol. The fourth-order valence-corrected chi connectivity index (χ4v) is 3.52. The van der Waals surface area contributed by atoms with Gasteiger partial charge in [-0.15, -0.1) is 11.3 Å². The van der Waals surface area contributed by atoms with Crippen molar-refractivity contribution in [1.29, 1.82) is 0 Å². The van der Waals surface area contributed by atoms with Gasteiger partial charge in [-0.3, -0.25) is 9.59 Å². The van der Waals surface area contributed by atoms with E-state index >= 15 is 0 Å². The summed E-state index contributed by atoms with van der Waals surface area (Å²) in [6, 6.07) is 4.99. The molecule has 7 nitrogen and oxygen atoms in total. The van der Waals surface area contributed by atoms with E-state index in [0.717, 1.165) is 4.88 Å². The summed E-state index contributed by atoms with van der Waals surface area (Å²) < 4.78 is 15.8. The van der Waals surface area contributed by atoms with Crippen LogP contribution >= 0.6 is 11.3 Å². The molecule has 8 heteroatoms.